The topological polar surface area (TPSA) is 245 Å². The monoisotopic (exact) mass is 829 g/mol. The van der Waals surface area contributed by atoms with Crippen LogP contribution >= 0.6 is 0 Å². The van der Waals surface area contributed by atoms with Crippen molar-refractivity contribution in [1.82, 2.24) is 0 Å². The predicted molar refractivity (Wildman–Crippen MR) is 201 cm³/mol. The summed E-state index contributed by atoms with van der Waals surface area (Å²) in [5.74, 6) is -0.902. The Kier molecular flexibility index (Phi) is 11.6. The summed E-state index contributed by atoms with van der Waals surface area (Å²) in [5.41, 5.74) is -2.48. The molecular weight excluding hydrogens is 765 g/mol. The Morgan fingerprint density at radius 2 is 1.60 bits per heavy atom. The Labute approximate surface area is 337 Å². The van der Waals surface area contributed by atoms with Gasteiger partial charge < -0.3 is 59.2 Å². The normalized spacial score (nSPS) is 53.9. The molecule has 0 radical (unpaired) electrons. The molecule has 0 spiro atoms. The summed E-state index contributed by atoms with van der Waals surface area (Å²) in [6.45, 7) is 14.4. The lowest BCUT2D eigenvalue weighted by Crippen LogP contribution is -2.68. The third-order valence-corrected chi connectivity index (χ3v) is 17.8. The van der Waals surface area contributed by atoms with Crippen molar-refractivity contribution in [3.05, 3.63) is 11.6 Å². The van der Waals surface area contributed by atoms with Crippen LogP contribution in [0, 0.1) is 50.7 Å². The van der Waals surface area contributed by atoms with Crippen LogP contribution in [0.15, 0.2) is 11.6 Å². The number of rotatable bonds is 7. The summed E-state index contributed by atoms with van der Waals surface area (Å²) in [6, 6.07) is 0. The maximum atomic E-state index is 14.6. The number of ether oxygens (including phenoxy) is 4. The molecular formula is C41H65O15S-. The number of aliphatic hydroxyl groups excluding tert-OH is 6. The fourth-order valence-electron chi connectivity index (χ4n) is 13.7. The molecule has 7 rings (SSSR count). The first-order chi connectivity index (χ1) is 26.5. The molecule has 2 heterocycles. The molecule has 5 aliphatic carbocycles. The molecule has 20 atom stereocenters. The van der Waals surface area contributed by atoms with Crippen molar-refractivity contribution in [2.24, 2.45) is 50.7 Å². The Balaban J connectivity index is 1.17. The van der Waals surface area contributed by atoms with E-state index in [0.29, 0.717) is 32.1 Å². The first-order valence-electron chi connectivity index (χ1n) is 20.9. The van der Waals surface area contributed by atoms with E-state index in [2.05, 4.69) is 40.7 Å². The van der Waals surface area contributed by atoms with Gasteiger partial charge in [-0.3, -0.25) is 8.98 Å². The third-order valence-electron chi connectivity index (χ3n) is 17.4. The Hall–Kier alpha value is -1.12. The maximum absolute atomic E-state index is 14.6. The number of aliphatic hydroxyl groups is 7. The summed E-state index contributed by atoms with van der Waals surface area (Å²) in [5, 5.41) is 75.2. The Bertz CT molecular complexity index is 1590. The first-order valence-corrected chi connectivity index (χ1v) is 21.9. The predicted octanol–water partition coefficient (Wildman–Crippen LogP) is 1.74. The Morgan fingerprint density at radius 3 is 2.26 bits per heavy atom. The number of hydrogen-bond donors (Lipinski definition) is 7. The van der Waals surface area contributed by atoms with Gasteiger partial charge in [0.25, 0.3) is 0 Å². The molecule has 57 heavy (non-hydrogen) atoms. The number of fused-ring (bicyclic) bond motifs is 7. The minimum atomic E-state index is -2.95. The third kappa shape index (κ3) is 6.57. The quantitative estimate of drug-likeness (QED) is 0.0837. The summed E-state index contributed by atoms with van der Waals surface area (Å²) >= 11 is -2.95. The molecule has 0 amide bonds. The highest BCUT2D eigenvalue weighted by Crippen LogP contribution is 2.76. The standard InChI is InChI=1S/C41H66O15S/c1-20-10-15-41(35(48)55-34-29(46)28(45)27(44)23(18-42)53-34)17-16-38(5)21(32(41)40(20,7)49)8-9-25-37(4)13-12-26(36(2,3)24(37)11-14-39(25,38)6)54-33-30(47)31(56-57(50)51)22(43)19-52-33/h8,20,22-34,42-47,49H,9-19H2,1-7H3,(H,50,51)/p-1/t20-,22-,23+,24?,25?,26-,27+,28-,29+,30+,31-,32?,33-,34-,37-,38+,39+,40+,41-/m0/s1. The van der Waals surface area contributed by atoms with Crippen LogP contribution in [-0.4, -0.2) is 131 Å². The van der Waals surface area contributed by atoms with E-state index in [1.165, 1.54) is 0 Å². The van der Waals surface area contributed by atoms with Crippen molar-refractivity contribution < 1.29 is 72.4 Å². The van der Waals surface area contributed by atoms with Crippen molar-refractivity contribution in [2.75, 3.05) is 13.2 Å². The van der Waals surface area contributed by atoms with Gasteiger partial charge in [-0.05, 0) is 104 Å². The minimum Gasteiger partial charge on any atom is -0.750 e. The fraction of sp³-hybridized carbons (Fsp3) is 0.927. The van der Waals surface area contributed by atoms with Crippen LogP contribution in [0.2, 0.25) is 0 Å². The molecule has 7 N–H and O–H groups in total. The zero-order chi connectivity index (χ0) is 41.8. The SMILES string of the molecule is C[C@H]1CC[C@]2(C(=O)O[C@@H]3O[C@H](CO)[C@@H](O)[C@H](O)[C@H]3O)CC[C@]3(C)C(=CCC4[C@@]5(C)CC[C@H](O[C@@H]6OC[C@H](O)[C@H](OS(=O)[O-])[C@H]6O)C(C)(C)C5CC[C@]43C)C2[C@]1(C)O. The van der Waals surface area contributed by atoms with Gasteiger partial charge in [0.05, 0.1) is 41.7 Å². The highest BCUT2D eigenvalue weighted by atomic mass is 32.2. The van der Waals surface area contributed by atoms with Gasteiger partial charge >= 0.3 is 5.97 Å². The van der Waals surface area contributed by atoms with E-state index >= 15 is 0 Å². The van der Waals surface area contributed by atoms with E-state index in [4.69, 9.17) is 23.1 Å². The molecule has 2 saturated heterocycles. The molecule has 7 aliphatic rings. The second kappa shape index (κ2) is 15.1. The molecule has 326 valence electrons. The van der Waals surface area contributed by atoms with E-state index in [0.717, 1.165) is 31.3 Å². The second-order valence-electron chi connectivity index (χ2n) is 20.2. The highest BCUT2D eigenvalue weighted by Gasteiger charge is 2.72. The molecule has 0 aromatic carbocycles. The number of hydrogen-bond acceptors (Lipinski definition) is 15. The van der Waals surface area contributed by atoms with Crippen molar-refractivity contribution >= 4 is 17.3 Å². The van der Waals surface area contributed by atoms with Gasteiger partial charge in [-0.15, -0.1) is 0 Å². The number of carbonyl (C=O) groups is 1. The molecule has 15 nitrogen and oxygen atoms in total. The lowest BCUT2D eigenvalue weighted by Gasteiger charge is -2.72. The zero-order valence-corrected chi connectivity index (χ0v) is 35.1. The van der Waals surface area contributed by atoms with Crippen molar-refractivity contribution in [3.63, 3.8) is 0 Å². The average Bonchev–Trinajstić information content (AvgIpc) is 3.14. The van der Waals surface area contributed by atoms with Crippen LogP contribution in [0.25, 0.3) is 0 Å². The van der Waals surface area contributed by atoms with E-state index in [-0.39, 0.29) is 46.7 Å². The molecule has 0 bridgehead atoms. The average molecular weight is 830 g/mol. The van der Waals surface area contributed by atoms with Gasteiger partial charge in [0, 0.05) is 5.92 Å². The molecule has 0 aromatic rings. The zero-order valence-electron chi connectivity index (χ0n) is 34.2. The van der Waals surface area contributed by atoms with E-state index in [1.54, 1.807) is 0 Å². The van der Waals surface area contributed by atoms with Gasteiger partial charge in [-0.2, -0.15) is 0 Å². The molecule has 4 unspecified atom stereocenters. The Morgan fingerprint density at radius 1 is 0.895 bits per heavy atom. The largest absolute Gasteiger partial charge is 0.750 e. The lowest BCUT2D eigenvalue weighted by molar-refractivity contribution is -0.306. The smallest absolute Gasteiger partial charge is 0.315 e. The van der Waals surface area contributed by atoms with Gasteiger partial charge in [-0.1, -0.05) is 53.2 Å². The first kappa shape index (κ1) is 44.0. The summed E-state index contributed by atoms with van der Waals surface area (Å²) in [7, 11) is 0. The van der Waals surface area contributed by atoms with Crippen LogP contribution in [0.5, 0.6) is 0 Å². The fourth-order valence-corrected chi connectivity index (χ4v) is 14.1. The number of esters is 1. The number of allylic oxidation sites excluding steroid dienone is 1. The van der Waals surface area contributed by atoms with Crippen LogP contribution in [-0.2, 0) is 39.3 Å². The van der Waals surface area contributed by atoms with E-state index in [9.17, 15) is 49.3 Å². The molecule has 6 fully saturated rings. The van der Waals surface area contributed by atoms with Crippen LogP contribution < -0.4 is 0 Å². The highest BCUT2D eigenvalue weighted by molar-refractivity contribution is 7.74. The van der Waals surface area contributed by atoms with Gasteiger partial charge in [0.2, 0.25) is 6.29 Å². The van der Waals surface area contributed by atoms with Gasteiger partial charge in [-0.25, -0.2) is 4.21 Å². The maximum Gasteiger partial charge on any atom is 0.315 e. The van der Waals surface area contributed by atoms with Gasteiger partial charge in [0.15, 0.2) is 6.29 Å². The minimum absolute atomic E-state index is 0.131. The van der Waals surface area contributed by atoms with E-state index in [1.807, 2.05) is 13.8 Å². The van der Waals surface area contributed by atoms with Crippen LogP contribution in [0.1, 0.15) is 106 Å². The number of carbonyl (C=O) groups excluding carboxylic acids is 1. The second-order valence-corrected chi connectivity index (χ2v) is 20.8. The summed E-state index contributed by atoms with van der Waals surface area (Å²) in [6.07, 6.45) is -5.23. The molecule has 2 aliphatic heterocycles. The molecule has 16 heteroatoms. The summed E-state index contributed by atoms with van der Waals surface area (Å²) in [4.78, 5) is 14.6. The van der Waals surface area contributed by atoms with Crippen LogP contribution in [0.4, 0.5) is 0 Å². The summed E-state index contributed by atoms with van der Waals surface area (Å²) < 4.78 is 51.1. The molecule has 4 saturated carbocycles. The van der Waals surface area contributed by atoms with Crippen molar-refractivity contribution in [1.29, 1.82) is 0 Å². The van der Waals surface area contributed by atoms with Crippen LogP contribution in [0.3, 0.4) is 0 Å². The molecule has 0 aromatic heterocycles. The van der Waals surface area contributed by atoms with E-state index < -0.39 is 102 Å². The van der Waals surface area contributed by atoms with Crippen molar-refractivity contribution in [2.45, 2.75) is 173 Å². The van der Waals surface area contributed by atoms with Crippen molar-refractivity contribution in [3.8, 4) is 0 Å². The van der Waals surface area contributed by atoms with Gasteiger partial charge in [0.1, 0.15) is 42.7 Å². The lowest BCUT2D eigenvalue weighted by atomic mass is 9.33.